The van der Waals surface area contributed by atoms with Crippen molar-refractivity contribution in [3.63, 3.8) is 0 Å². The fourth-order valence-electron chi connectivity index (χ4n) is 1.99. The normalized spacial score (nSPS) is 16.9. The second-order valence-electron chi connectivity index (χ2n) is 4.21. The first kappa shape index (κ1) is 12.2. The molecule has 17 heavy (non-hydrogen) atoms. The van der Waals surface area contributed by atoms with E-state index in [-0.39, 0.29) is 18.2 Å². The summed E-state index contributed by atoms with van der Waals surface area (Å²) in [5.41, 5.74) is 4.09. The summed E-state index contributed by atoms with van der Waals surface area (Å²) >= 11 is 0. The van der Waals surface area contributed by atoms with Crippen LogP contribution in [0.5, 0.6) is 0 Å². The number of halogens is 3. The molecular formula is C11H13F3N2O. The topological polar surface area (TPSA) is 48.0 Å². The highest BCUT2D eigenvalue weighted by Crippen LogP contribution is 2.36. The molecule has 0 bridgehead atoms. The Morgan fingerprint density at radius 3 is 2.41 bits per heavy atom. The molecule has 1 saturated carbocycles. The summed E-state index contributed by atoms with van der Waals surface area (Å²) in [6, 6.07) is 1.79. The summed E-state index contributed by atoms with van der Waals surface area (Å²) in [4.78, 5) is 11.9. The van der Waals surface area contributed by atoms with Crippen molar-refractivity contribution in [1.82, 2.24) is 4.57 Å². The standard InChI is InChI=1S/C11H13F3N2O/c12-11(13,14)9-5-4-7(6-15)10(17)16(9)8-2-1-3-8/h4-5,8H,1-3,6,15H2. The van der Waals surface area contributed by atoms with Crippen LogP contribution in [0.4, 0.5) is 13.2 Å². The van der Waals surface area contributed by atoms with Gasteiger partial charge in [-0.25, -0.2) is 0 Å². The summed E-state index contributed by atoms with van der Waals surface area (Å²) in [6.07, 6.45) is -2.39. The van der Waals surface area contributed by atoms with Gasteiger partial charge in [0.1, 0.15) is 5.69 Å². The zero-order valence-corrected chi connectivity index (χ0v) is 9.13. The van der Waals surface area contributed by atoms with Gasteiger partial charge in [0.15, 0.2) is 0 Å². The first-order valence-corrected chi connectivity index (χ1v) is 5.47. The van der Waals surface area contributed by atoms with Gasteiger partial charge in [-0.1, -0.05) is 6.07 Å². The van der Waals surface area contributed by atoms with E-state index in [0.717, 1.165) is 17.1 Å². The van der Waals surface area contributed by atoms with E-state index >= 15 is 0 Å². The third-order valence-electron chi connectivity index (χ3n) is 3.15. The van der Waals surface area contributed by atoms with Crippen molar-refractivity contribution in [2.24, 2.45) is 5.73 Å². The molecule has 0 radical (unpaired) electrons. The number of hydrogen-bond donors (Lipinski definition) is 1. The molecule has 1 aliphatic carbocycles. The largest absolute Gasteiger partial charge is 0.431 e. The van der Waals surface area contributed by atoms with Gasteiger partial charge < -0.3 is 10.3 Å². The fraction of sp³-hybridized carbons (Fsp3) is 0.545. The Morgan fingerprint density at radius 1 is 1.35 bits per heavy atom. The molecule has 0 saturated heterocycles. The molecule has 1 heterocycles. The van der Waals surface area contributed by atoms with E-state index in [1.54, 1.807) is 0 Å². The smallest absolute Gasteiger partial charge is 0.326 e. The highest BCUT2D eigenvalue weighted by Gasteiger charge is 2.37. The first-order chi connectivity index (χ1) is 7.95. The van der Waals surface area contributed by atoms with Crippen LogP contribution in [0.3, 0.4) is 0 Å². The molecular weight excluding hydrogens is 233 g/mol. The van der Waals surface area contributed by atoms with E-state index in [0.29, 0.717) is 12.8 Å². The van der Waals surface area contributed by atoms with Gasteiger partial charge in [0.25, 0.3) is 5.56 Å². The number of alkyl halides is 3. The lowest BCUT2D eigenvalue weighted by molar-refractivity contribution is -0.145. The minimum atomic E-state index is -4.50. The van der Waals surface area contributed by atoms with Crippen molar-refractivity contribution in [3.05, 3.63) is 33.7 Å². The molecule has 0 aliphatic heterocycles. The Kier molecular flexibility index (Phi) is 2.99. The lowest BCUT2D eigenvalue weighted by atomic mass is 9.92. The van der Waals surface area contributed by atoms with Crippen molar-refractivity contribution in [3.8, 4) is 0 Å². The quantitative estimate of drug-likeness (QED) is 0.868. The summed E-state index contributed by atoms with van der Waals surface area (Å²) in [5.74, 6) is 0. The lowest BCUT2D eigenvalue weighted by Crippen LogP contribution is -2.36. The third-order valence-corrected chi connectivity index (χ3v) is 3.15. The van der Waals surface area contributed by atoms with E-state index in [1.165, 1.54) is 6.07 Å². The lowest BCUT2D eigenvalue weighted by Gasteiger charge is -2.30. The Balaban J connectivity index is 2.60. The Labute approximate surface area is 96.0 Å². The monoisotopic (exact) mass is 246 g/mol. The molecule has 94 valence electrons. The molecule has 1 aromatic heterocycles. The third kappa shape index (κ3) is 2.09. The maximum absolute atomic E-state index is 12.8. The number of pyridine rings is 1. The zero-order chi connectivity index (χ0) is 12.6. The van der Waals surface area contributed by atoms with Gasteiger partial charge in [-0.15, -0.1) is 0 Å². The number of aromatic nitrogens is 1. The summed E-state index contributed by atoms with van der Waals surface area (Å²) in [5, 5.41) is 0. The van der Waals surface area contributed by atoms with Crippen molar-refractivity contribution in [2.45, 2.75) is 38.0 Å². The van der Waals surface area contributed by atoms with Crippen LogP contribution in [0.25, 0.3) is 0 Å². The van der Waals surface area contributed by atoms with E-state index in [1.807, 2.05) is 0 Å². The van der Waals surface area contributed by atoms with Gasteiger partial charge in [0, 0.05) is 18.2 Å². The van der Waals surface area contributed by atoms with E-state index in [9.17, 15) is 18.0 Å². The predicted molar refractivity (Wildman–Crippen MR) is 56.5 cm³/mol. The molecule has 2 rings (SSSR count). The molecule has 0 unspecified atom stereocenters. The van der Waals surface area contributed by atoms with Gasteiger partial charge in [-0.05, 0) is 25.3 Å². The molecule has 0 spiro atoms. The average molecular weight is 246 g/mol. The average Bonchev–Trinajstić information content (AvgIpc) is 2.16. The number of nitrogens with zero attached hydrogens (tertiary/aromatic N) is 1. The van der Waals surface area contributed by atoms with Gasteiger partial charge in [0.05, 0.1) is 0 Å². The van der Waals surface area contributed by atoms with Crippen LogP contribution in [0, 0.1) is 0 Å². The Bertz CT molecular complexity index is 475. The van der Waals surface area contributed by atoms with Crippen molar-refractivity contribution >= 4 is 0 Å². The van der Waals surface area contributed by atoms with E-state index < -0.39 is 17.4 Å². The molecule has 2 N–H and O–H groups in total. The van der Waals surface area contributed by atoms with Gasteiger partial charge in [-0.2, -0.15) is 13.2 Å². The second kappa shape index (κ2) is 4.18. The van der Waals surface area contributed by atoms with Crippen molar-refractivity contribution in [1.29, 1.82) is 0 Å². The van der Waals surface area contributed by atoms with Crippen LogP contribution >= 0.6 is 0 Å². The van der Waals surface area contributed by atoms with Crippen LogP contribution in [-0.2, 0) is 12.7 Å². The SMILES string of the molecule is NCc1ccc(C(F)(F)F)n(C2CCC2)c1=O. The summed E-state index contributed by atoms with van der Waals surface area (Å²) < 4.78 is 39.2. The molecule has 1 aromatic rings. The van der Waals surface area contributed by atoms with Gasteiger partial charge in [0.2, 0.25) is 0 Å². The Hall–Kier alpha value is -1.30. The maximum Gasteiger partial charge on any atom is 0.431 e. The first-order valence-electron chi connectivity index (χ1n) is 5.47. The number of rotatable bonds is 2. The molecule has 3 nitrogen and oxygen atoms in total. The predicted octanol–water partition coefficient (Wildman–Crippen LogP) is 2.05. The van der Waals surface area contributed by atoms with Gasteiger partial charge in [-0.3, -0.25) is 4.79 Å². The molecule has 0 amide bonds. The van der Waals surface area contributed by atoms with Crippen LogP contribution in [0.2, 0.25) is 0 Å². The Morgan fingerprint density at radius 2 is 2.00 bits per heavy atom. The highest BCUT2D eigenvalue weighted by molar-refractivity contribution is 5.19. The van der Waals surface area contributed by atoms with Crippen LogP contribution in [-0.4, -0.2) is 4.57 Å². The number of nitrogens with two attached hydrogens (primary N) is 1. The zero-order valence-electron chi connectivity index (χ0n) is 9.13. The van der Waals surface area contributed by atoms with Crippen LogP contribution in [0.1, 0.15) is 36.6 Å². The molecule has 0 aromatic carbocycles. The second-order valence-corrected chi connectivity index (χ2v) is 4.21. The van der Waals surface area contributed by atoms with E-state index in [4.69, 9.17) is 5.73 Å². The molecule has 6 heteroatoms. The fourth-order valence-corrected chi connectivity index (χ4v) is 1.99. The maximum atomic E-state index is 12.8. The van der Waals surface area contributed by atoms with Crippen molar-refractivity contribution < 1.29 is 13.2 Å². The molecule has 1 aliphatic rings. The minimum Gasteiger partial charge on any atom is -0.326 e. The van der Waals surface area contributed by atoms with Crippen LogP contribution in [0.15, 0.2) is 16.9 Å². The number of hydrogen-bond acceptors (Lipinski definition) is 2. The van der Waals surface area contributed by atoms with Gasteiger partial charge >= 0.3 is 6.18 Å². The summed E-state index contributed by atoms with van der Waals surface area (Å²) in [6.45, 7) is -0.0380. The van der Waals surface area contributed by atoms with E-state index in [2.05, 4.69) is 0 Å². The minimum absolute atomic E-state index is 0.0380. The van der Waals surface area contributed by atoms with Crippen molar-refractivity contribution in [2.75, 3.05) is 0 Å². The molecule has 0 atom stereocenters. The molecule has 1 fully saturated rings. The summed E-state index contributed by atoms with van der Waals surface area (Å²) in [7, 11) is 0. The van der Waals surface area contributed by atoms with Crippen LogP contribution < -0.4 is 11.3 Å². The highest BCUT2D eigenvalue weighted by atomic mass is 19.4.